The van der Waals surface area contributed by atoms with E-state index in [9.17, 15) is 0 Å². The average molecular weight is 199 g/mol. The summed E-state index contributed by atoms with van der Waals surface area (Å²) in [5.41, 5.74) is 0.265. The summed E-state index contributed by atoms with van der Waals surface area (Å²) in [6.45, 7) is 8.36. The van der Waals surface area contributed by atoms with Crippen molar-refractivity contribution in [3.8, 4) is 0 Å². The summed E-state index contributed by atoms with van der Waals surface area (Å²) >= 11 is 0. The van der Waals surface area contributed by atoms with Gasteiger partial charge in [-0.3, -0.25) is 0 Å². The predicted molar refractivity (Wildman–Crippen MR) is 55.4 cm³/mol. The molecule has 2 rings (SSSR count). The first-order chi connectivity index (χ1) is 6.68. The number of ether oxygens (including phenoxy) is 2. The van der Waals surface area contributed by atoms with Crippen molar-refractivity contribution in [2.75, 3.05) is 26.3 Å². The third kappa shape index (κ3) is 2.27. The smallest absolute Gasteiger partial charge is 0.0834 e. The predicted octanol–water partition coefficient (Wildman–Crippen LogP) is 1.18. The molecular weight excluding hydrogens is 178 g/mol. The molecule has 0 aromatic heterocycles. The average Bonchev–Trinajstić information content (AvgIpc) is 2.61. The summed E-state index contributed by atoms with van der Waals surface area (Å²) in [5.74, 6) is 0. The number of rotatable bonds is 2. The van der Waals surface area contributed by atoms with Crippen LogP contribution in [0.1, 0.15) is 26.7 Å². The van der Waals surface area contributed by atoms with Crippen molar-refractivity contribution >= 4 is 0 Å². The van der Waals surface area contributed by atoms with Gasteiger partial charge >= 0.3 is 0 Å². The molecule has 2 unspecified atom stereocenters. The van der Waals surface area contributed by atoms with Gasteiger partial charge in [0, 0.05) is 18.6 Å². The largest absolute Gasteiger partial charge is 0.379 e. The molecule has 0 bridgehead atoms. The summed E-state index contributed by atoms with van der Waals surface area (Å²) in [5, 5.41) is 3.42. The van der Waals surface area contributed by atoms with E-state index >= 15 is 0 Å². The van der Waals surface area contributed by atoms with Crippen LogP contribution < -0.4 is 5.32 Å². The zero-order valence-electron chi connectivity index (χ0n) is 9.21. The van der Waals surface area contributed by atoms with Gasteiger partial charge in [0.2, 0.25) is 0 Å². The fourth-order valence-electron chi connectivity index (χ4n) is 2.25. The highest BCUT2D eigenvalue weighted by Crippen LogP contribution is 2.29. The van der Waals surface area contributed by atoms with Crippen molar-refractivity contribution < 1.29 is 9.47 Å². The molecular formula is C11H21NO2. The Bertz CT molecular complexity index is 188. The molecule has 1 N–H and O–H groups in total. The van der Waals surface area contributed by atoms with Gasteiger partial charge in [-0.2, -0.15) is 0 Å². The summed E-state index contributed by atoms with van der Waals surface area (Å²) < 4.78 is 11.4. The molecule has 3 nitrogen and oxygen atoms in total. The van der Waals surface area contributed by atoms with E-state index in [1.807, 2.05) is 0 Å². The highest BCUT2D eigenvalue weighted by molar-refractivity contribution is 4.87. The van der Waals surface area contributed by atoms with E-state index < -0.39 is 0 Å². The molecule has 0 radical (unpaired) electrons. The molecule has 82 valence electrons. The number of hydrogen-bond acceptors (Lipinski definition) is 3. The van der Waals surface area contributed by atoms with Crippen LogP contribution in [0.25, 0.3) is 0 Å². The van der Waals surface area contributed by atoms with Crippen LogP contribution in [-0.2, 0) is 9.47 Å². The monoisotopic (exact) mass is 199 g/mol. The summed E-state index contributed by atoms with van der Waals surface area (Å²) in [6, 6.07) is 0. The zero-order chi connectivity index (χ0) is 10.0. The minimum Gasteiger partial charge on any atom is -0.379 e. The van der Waals surface area contributed by atoms with Crippen molar-refractivity contribution in [1.29, 1.82) is 0 Å². The van der Waals surface area contributed by atoms with E-state index in [4.69, 9.17) is 9.47 Å². The van der Waals surface area contributed by atoms with Crippen molar-refractivity contribution in [3.05, 3.63) is 0 Å². The molecule has 2 aliphatic rings. The Hall–Kier alpha value is -0.120. The van der Waals surface area contributed by atoms with Crippen LogP contribution in [0.5, 0.6) is 0 Å². The van der Waals surface area contributed by atoms with Gasteiger partial charge in [-0.25, -0.2) is 0 Å². The Kier molecular flexibility index (Phi) is 3.10. The molecule has 0 aromatic carbocycles. The molecule has 0 aliphatic carbocycles. The second kappa shape index (κ2) is 4.17. The molecule has 0 spiro atoms. The van der Waals surface area contributed by atoms with Crippen LogP contribution >= 0.6 is 0 Å². The van der Waals surface area contributed by atoms with Crippen LogP contribution in [0.2, 0.25) is 0 Å². The van der Waals surface area contributed by atoms with Crippen molar-refractivity contribution in [3.63, 3.8) is 0 Å². The summed E-state index contributed by atoms with van der Waals surface area (Å²) in [6.07, 6.45) is 2.94. The van der Waals surface area contributed by atoms with E-state index in [0.29, 0.717) is 12.2 Å². The first kappa shape index (κ1) is 10.4. The van der Waals surface area contributed by atoms with Crippen molar-refractivity contribution in [2.24, 2.45) is 5.41 Å². The Balaban J connectivity index is 1.88. The van der Waals surface area contributed by atoms with Gasteiger partial charge in [0.05, 0.1) is 18.8 Å². The van der Waals surface area contributed by atoms with Crippen LogP contribution in [0.15, 0.2) is 0 Å². The maximum Gasteiger partial charge on any atom is 0.0834 e. The van der Waals surface area contributed by atoms with E-state index in [-0.39, 0.29) is 5.41 Å². The van der Waals surface area contributed by atoms with Gasteiger partial charge in [0.15, 0.2) is 0 Å². The third-order valence-corrected chi connectivity index (χ3v) is 3.28. The first-order valence-electron chi connectivity index (χ1n) is 5.62. The second-order valence-electron chi connectivity index (χ2n) is 5.06. The highest BCUT2D eigenvalue weighted by atomic mass is 16.6. The van der Waals surface area contributed by atoms with Gasteiger partial charge in [-0.15, -0.1) is 0 Å². The van der Waals surface area contributed by atoms with Gasteiger partial charge in [0.25, 0.3) is 0 Å². The zero-order valence-corrected chi connectivity index (χ0v) is 9.21. The molecule has 0 saturated carbocycles. The number of nitrogens with one attached hydrogen (secondary N) is 1. The molecule has 2 heterocycles. The second-order valence-corrected chi connectivity index (χ2v) is 5.06. The molecule has 2 atom stereocenters. The van der Waals surface area contributed by atoms with Crippen molar-refractivity contribution in [2.45, 2.75) is 38.9 Å². The Morgan fingerprint density at radius 2 is 2.21 bits per heavy atom. The Labute approximate surface area is 86.2 Å². The molecule has 14 heavy (non-hydrogen) atoms. The lowest BCUT2D eigenvalue weighted by molar-refractivity contribution is -0.0851. The van der Waals surface area contributed by atoms with Gasteiger partial charge in [-0.1, -0.05) is 13.8 Å². The van der Waals surface area contributed by atoms with Gasteiger partial charge in [0.1, 0.15) is 0 Å². The lowest BCUT2D eigenvalue weighted by atomic mass is 9.82. The van der Waals surface area contributed by atoms with Crippen LogP contribution in [0.3, 0.4) is 0 Å². The topological polar surface area (TPSA) is 30.5 Å². The normalized spacial score (nSPS) is 37.3. The van der Waals surface area contributed by atoms with E-state index in [1.54, 1.807) is 0 Å². The van der Waals surface area contributed by atoms with Crippen LogP contribution in [-0.4, -0.2) is 38.5 Å². The lowest BCUT2D eigenvalue weighted by Crippen LogP contribution is -2.48. The minimum atomic E-state index is 0.265. The molecule has 2 fully saturated rings. The molecule has 0 aromatic rings. The Morgan fingerprint density at radius 3 is 2.86 bits per heavy atom. The summed E-state index contributed by atoms with van der Waals surface area (Å²) in [4.78, 5) is 0. The minimum absolute atomic E-state index is 0.265. The summed E-state index contributed by atoms with van der Waals surface area (Å²) in [7, 11) is 0. The standard InChI is InChI=1S/C11H21NO2/c1-11(2)8-12-5-3-10(11)14-9-4-6-13-7-9/h9-10,12H,3-8H2,1-2H3. The van der Waals surface area contributed by atoms with Gasteiger partial charge < -0.3 is 14.8 Å². The van der Waals surface area contributed by atoms with E-state index in [2.05, 4.69) is 19.2 Å². The van der Waals surface area contributed by atoms with Gasteiger partial charge in [-0.05, 0) is 19.4 Å². The molecule has 2 aliphatic heterocycles. The first-order valence-corrected chi connectivity index (χ1v) is 5.62. The van der Waals surface area contributed by atoms with E-state index in [0.717, 1.165) is 39.1 Å². The van der Waals surface area contributed by atoms with Crippen molar-refractivity contribution in [1.82, 2.24) is 5.32 Å². The molecule has 3 heteroatoms. The fourth-order valence-corrected chi connectivity index (χ4v) is 2.25. The number of piperidine rings is 1. The molecule has 0 amide bonds. The molecule has 2 saturated heterocycles. The Morgan fingerprint density at radius 1 is 1.36 bits per heavy atom. The number of hydrogen-bond donors (Lipinski definition) is 1. The fraction of sp³-hybridized carbons (Fsp3) is 1.00. The highest BCUT2D eigenvalue weighted by Gasteiger charge is 2.35. The maximum atomic E-state index is 6.10. The van der Waals surface area contributed by atoms with Crippen LogP contribution in [0.4, 0.5) is 0 Å². The van der Waals surface area contributed by atoms with Crippen LogP contribution in [0, 0.1) is 5.41 Å². The quantitative estimate of drug-likeness (QED) is 0.724. The maximum absolute atomic E-state index is 6.10. The third-order valence-electron chi connectivity index (χ3n) is 3.28. The van der Waals surface area contributed by atoms with E-state index in [1.165, 1.54) is 0 Å². The lowest BCUT2D eigenvalue weighted by Gasteiger charge is -2.39. The SMILES string of the molecule is CC1(C)CNCCC1OC1CCOC1.